The molecule has 2 aromatic heterocycles. The van der Waals surface area contributed by atoms with Crippen LogP contribution >= 0.6 is 0 Å². The van der Waals surface area contributed by atoms with Crippen LogP contribution in [-0.2, 0) is 0 Å². The Bertz CT molecular complexity index is 410. The van der Waals surface area contributed by atoms with Crippen LogP contribution in [0.15, 0.2) is 30.7 Å². The van der Waals surface area contributed by atoms with Crippen molar-refractivity contribution >= 4 is 0 Å². The van der Waals surface area contributed by atoms with Gasteiger partial charge in [-0.2, -0.15) is 0 Å². The maximum atomic E-state index is 9.26. The predicted octanol–water partition coefficient (Wildman–Crippen LogP) is 0.716. The van der Waals surface area contributed by atoms with Crippen LogP contribution in [0.2, 0.25) is 0 Å². The molecule has 5 nitrogen and oxygen atoms in total. The van der Waals surface area contributed by atoms with Gasteiger partial charge in [-0.25, -0.2) is 4.68 Å². The summed E-state index contributed by atoms with van der Waals surface area (Å²) < 4.78 is 1.60. The Morgan fingerprint density at radius 3 is 2.64 bits per heavy atom. The largest absolute Gasteiger partial charge is 0.387 e. The van der Waals surface area contributed by atoms with E-state index in [4.69, 9.17) is 0 Å². The molecule has 0 aliphatic carbocycles. The predicted molar refractivity (Wildman–Crippen MR) is 49.8 cm³/mol. The molecular formula is C9H10N4O. The van der Waals surface area contributed by atoms with Gasteiger partial charge in [0.2, 0.25) is 0 Å². The summed E-state index contributed by atoms with van der Waals surface area (Å²) in [6.45, 7) is 1.65. The summed E-state index contributed by atoms with van der Waals surface area (Å²) in [6.07, 6.45) is 4.46. The lowest BCUT2D eigenvalue weighted by Crippen LogP contribution is -1.94. The van der Waals surface area contributed by atoms with Gasteiger partial charge < -0.3 is 5.11 Å². The van der Waals surface area contributed by atoms with Crippen molar-refractivity contribution in [1.82, 2.24) is 20.0 Å². The number of hydrogen-bond donors (Lipinski definition) is 1. The fraction of sp³-hybridized carbons (Fsp3) is 0.222. The van der Waals surface area contributed by atoms with Gasteiger partial charge in [0.25, 0.3) is 0 Å². The van der Waals surface area contributed by atoms with E-state index < -0.39 is 6.10 Å². The number of pyridine rings is 1. The summed E-state index contributed by atoms with van der Waals surface area (Å²) in [5.41, 5.74) is 1.43. The highest BCUT2D eigenvalue weighted by Gasteiger charge is 2.06. The molecule has 1 atom stereocenters. The molecule has 0 saturated carbocycles. The zero-order valence-electron chi connectivity index (χ0n) is 7.70. The Morgan fingerprint density at radius 2 is 2.07 bits per heavy atom. The molecule has 72 valence electrons. The number of aliphatic hydroxyl groups is 1. The molecule has 0 bridgehead atoms. The Morgan fingerprint density at radius 1 is 1.36 bits per heavy atom. The van der Waals surface area contributed by atoms with Gasteiger partial charge >= 0.3 is 0 Å². The van der Waals surface area contributed by atoms with Gasteiger partial charge in [-0.15, -0.1) is 5.10 Å². The molecule has 2 rings (SSSR count). The third-order valence-corrected chi connectivity index (χ3v) is 1.87. The highest BCUT2D eigenvalue weighted by atomic mass is 16.3. The minimum Gasteiger partial charge on any atom is -0.387 e. The topological polar surface area (TPSA) is 63.8 Å². The van der Waals surface area contributed by atoms with Crippen molar-refractivity contribution < 1.29 is 5.11 Å². The van der Waals surface area contributed by atoms with Crippen molar-refractivity contribution in [2.75, 3.05) is 0 Å². The second-order valence-corrected chi connectivity index (χ2v) is 2.97. The van der Waals surface area contributed by atoms with Crippen LogP contribution in [0.3, 0.4) is 0 Å². The molecule has 0 amide bonds. The van der Waals surface area contributed by atoms with Gasteiger partial charge in [-0.05, 0) is 19.1 Å². The fourth-order valence-corrected chi connectivity index (χ4v) is 1.09. The molecule has 0 saturated heterocycles. The van der Waals surface area contributed by atoms with E-state index in [1.54, 1.807) is 30.2 Å². The number of aromatic nitrogens is 4. The van der Waals surface area contributed by atoms with E-state index in [2.05, 4.69) is 15.3 Å². The number of hydrogen-bond acceptors (Lipinski definition) is 4. The van der Waals surface area contributed by atoms with E-state index in [9.17, 15) is 5.11 Å². The molecule has 1 N–H and O–H groups in total. The standard InChI is InChI=1S/C9H10N4O/c1-7(14)9-6-13(12-11-9)8-2-4-10-5-3-8/h2-7,14H,1H3/t7-/m1/s1. The van der Waals surface area contributed by atoms with Gasteiger partial charge in [0.05, 0.1) is 18.0 Å². The number of aliphatic hydroxyl groups excluding tert-OH is 1. The monoisotopic (exact) mass is 190 g/mol. The van der Waals surface area contributed by atoms with E-state index in [0.717, 1.165) is 5.69 Å². The molecule has 0 radical (unpaired) electrons. The molecule has 5 heteroatoms. The molecule has 2 aromatic rings. The van der Waals surface area contributed by atoms with Gasteiger partial charge in [0.15, 0.2) is 0 Å². The molecule has 0 aliphatic heterocycles. The molecule has 0 fully saturated rings. The van der Waals surface area contributed by atoms with Crippen LogP contribution in [0.5, 0.6) is 0 Å². The molecular weight excluding hydrogens is 180 g/mol. The minimum absolute atomic E-state index is 0.557. The van der Waals surface area contributed by atoms with Crippen molar-refractivity contribution in [1.29, 1.82) is 0 Å². The quantitative estimate of drug-likeness (QED) is 0.757. The van der Waals surface area contributed by atoms with Crippen LogP contribution in [-0.4, -0.2) is 25.1 Å². The highest BCUT2D eigenvalue weighted by Crippen LogP contribution is 2.09. The number of nitrogens with zero attached hydrogens (tertiary/aromatic N) is 4. The average molecular weight is 190 g/mol. The average Bonchev–Trinajstić information content (AvgIpc) is 2.68. The van der Waals surface area contributed by atoms with Crippen LogP contribution in [0.1, 0.15) is 18.7 Å². The third kappa shape index (κ3) is 1.62. The zero-order chi connectivity index (χ0) is 9.97. The highest BCUT2D eigenvalue weighted by molar-refractivity contribution is 5.27. The van der Waals surface area contributed by atoms with E-state index in [1.807, 2.05) is 12.1 Å². The fourth-order valence-electron chi connectivity index (χ4n) is 1.09. The summed E-state index contributed by atoms with van der Waals surface area (Å²) in [5, 5.41) is 17.0. The molecule has 0 aliphatic rings. The van der Waals surface area contributed by atoms with Crippen LogP contribution in [0, 0.1) is 0 Å². The normalized spacial score (nSPS) is 12.7. The minimum atomic E-state index is -0.592. The van der Waals surface area contributed by atoms with Crippen molar-refractivity contribution in [3.05, 3.63) is 36.4 Å². The van der Waals surface area contributed by atoms with Crippen LogP contribution < -0.4 is 0 Å². The third-order valence-electron chi connectivity index (χ3n) is 1.87. The lowest BCUT2D eigenvalue weighted by Gasteiger charge is -1.97. The lowest BCUT2D eigenvalue weighted by atomic mass is 10.3. The Balaban J connectivity index is 2.34. The summed E-state index contributed by atoms with van der Waals surface area (Å²) in [7, 11) is 0. The molecule has 0 unspecified atom stereocenters. The van der Waals surface area contributed by atoms with Crippen molar-refractivity contribution in [2.45, 2.75) is 13.0 Å². The first-order valence-corrected chi connectivity index (χ1v) is 4.28. The molecule has 14 heavy (non-hydrogen) atoms. The Kier molecular flexibility index (Phi) is 2.24. The van der Waals surface area contributed by atoms with Gasteiger partial charge in [-0.1, -0.05) is 5.21 Å². The Hall–Kier alpha value is -1.75. The van der Waals surface area contributed by atoms with E-state index in [1.165, 1.54) is 0 Å². The first-order valence-electron chi connectivity index (χ1n) is 4.28. The first kappa shape index (κ1) is 8.83. The van der Waals surface area contributed by atoms with E-state index in [-0.39, 0.29) is 0 Å². The second-order valence-electron chi connectivity index (χ2n) is 2.97. The summed E-state index contributed by atoms with van der Waals surface area (Å²) >= 11 is 0. The number of rotatable bonds is 2. The van der Waals surface area contributed by atoms with Gasteiger partial charge in [0.1, 0.15) is 5.69 Å². The zero-order valence-corrected chi connectivity index (χ0v) is 7.70. The first-order chi connectivity index (χ1) is 6.77. The lowest BCUT2D eigenvalue weighted by molar-refractivity contribution is 0.194. The van der Waals surface area contributed by atoms with E-state index in [0.29, 0.717) is 5.69 Å². The van der Waals surface area contributed by atoms with Gasteiger partial charge in [0, 0.05) is 12.4 Å². The molecule has 0 aromatic carbocycles. The maximum Gasteiger partial charge on any atom is 0.111 e. The van der Waals surface area contributed by atoms with Gasteiger partial charge in [-0.3, -0.25) is 4.98 Å². The smallest absolute Gasteiger partial charge is 0.111 e. The second kappa shape index (κ2) is 3.55. The van der Waals surface area contributed by atoms with Crippen molar-refractivity contribution in [2.24, 2.45) is 0 Å². The maximum absolute atomic E-state index is 9.26. The van der Waals surface area contributed by atoms with Crippen LogP contribution in [0.25, 0.3) is 5.69 Å². The molecule has 2 heterocycles. The Labute approximate surface area is 81.0 Å². The van der Waals surface area contributed by atoms with E-state index >= 15 is 0 Å². The SMILES string of the molecule is C[C@@H](O)c1cn(-c2ccncc2)nn1. The van der Waals surface area contributed by atoms with Crippen molar-refractivity contribution in [3.8, 4) is 5.69 Å². The summed E-state index contributed by atoms with van der Waals surface area (Å²) in [6, 6.07) is 3.64. The van der Waals surface area contributed by atoms with Crippen molar-refractivity contribution in [3.63, 3.8) is 0 Å². The summed E-state index contributed by atoms with van der Waals surface area (Å²) in [4.78, 5) is 3.90. The van der Waals surface area contributed by atoms with Crippen LogP contribution in [0.4, 0.5) is 0 Å². The summed E-state index contributed by atoms with van der Waals surface area (Å²) in [5.74, 6) is 0. The molecule has 0 spiro atoms.